The summed E-state index contributed by atoms with van der Waals surface area (Å²) >= 11 is 1.66. The van der Waals surface area contributed by atoms with Gasteiger partial charge in [-0.1, -0.05) is 49.1 Å². The van der Waals surface area contributed by atoms with Crippen LogP contribution in [0.4, 0.5) is 5.69 Å². The lowest BCUT2D eigenvalue weighted by Crippen LogP contribution is -2.12. The largest absolute Gasteiger partial charge is 0.351 e. The number of benzene rings is 1. The van der Waals surface area contributed by atoms with E-state index in [0.717, 1.165) is 34.2 Å². The molecule has 2 nitrogen and oxygen atoms in total. The van der Waals surface area contributed by atoms with Gasteiger partial charge >= 0.3 is 0 Å². The number of aliphatic imine (C=N–C) groups is 1. The minimum Gasteiger partial charge on any atom is -0.351 e. The average molecular weight is 324 g/mol. The molecule has 1 aliphatic heterocycles. The van der Waals surface area contributed by atoms with Crippen LogP contribution in [-0.2, 0) is 6.42 Å². The van der Waals surface area contributed by atoms with Gasteiger partial charge in [0.05, 0.1) is 10.7 Å². The Bertz CT molecular complexity index is 719. The second-order valence-electron chi connectivity index (χ2n) is 5.92. The molecule has 0 aromatic heterocycles. The molecule has 1 aromatic carbocycles. The third-order valence-corrected chi connectivity index (χ3v) is 4.61. The number of hydrogen-bond acceptors (Lipinski definition) is 3. The van der Waals surface area contributed by atoms with Crippen molar-refractivity contribution < 1.29 is 0 Å². The van der Waals surface area contributed by atoms with Gasteiger partial charge < -0.3 is 5.32 Å². The van der Waals surface area contributed by atoms with Crippen molar-refractivity contribution in [3.8, 4) is 0 Å². The molecule has 0 unspecified atom stereocenters. The van der Waals surface area contributed by atoms with E-state index in [-0.39, 0.29) is 0 Å². The molecule has 1 aliphatic rings. The van der Waals surface area contributed by atoms with Crippen molar-refractivity contribution >= 4 is 23.2 Å². The Morgan fingerprint density at radius 2 is 2.09 bits per heavy atom. The van der Waals surface area contributed by atoms with Gasteiger partial charge in [0.25, 0.3) is 0 Å². The lowest BCUT2D eigenvalue weighted by molar-refractivity contribution is 1.06. The number of fused-ring (bicyclic) bond motifs is 1. The van der Waals surface area contributed by atoms with Gasteiger partial charge in [0, 0.05) is 23.6 Å². The van der Waals surface area contributed by atoms with Crippen LogP contribution in [0.25, 0.3) is 0 Å². The van der Waals surface area contributed by atoms with Gasteiger partial charge in [-0.3, -0.25) is 4.99 Å². The molecular formula is C20H24N2S. The van der Waals surface area contributed by atoms with E-state index in [2.05, 4.69) is 50.2 Å². The summed E-state index contributed by atoms with van der Waals surface area (Å²) in [6.07, 6.45) is 2.76. The third-order valence-electron chi connectivity index (χ3n) is 3.68. The number of allylic oxidation sites excluding steroid dienone is 2. The molecule has 0 saturated carbocycles. The molecule has 1 aromatic rings. The Labute approximate surface area is 143 Å². The Morgan fingerprint density at radius 3 is 2.74 bits per heavy atom. The fourth-order valence-electron chi connectivity index (χ4n) is 2.55. The summed E-state index contributed by atoms with van der Waals surface area (Å²) < 4.78 is 0. The summed E-state index contributed by atoms with van der Waals surface area (Å²) in [5.74, 6) is 0.838. The Hall–Kier alpha value is -2.00. The van der Waals surface area contributed by atoms with Gasteiger partial charge in [0.1, 0.15) is 0 Å². The van der Waals surface area contributed by atoms with E-state index in [1.54, 1.807) is 11.8 Å². The van der Waals surface area contributed by atoms with Crippen molar-refractivity contribution in [1.82, 2.24) is 5.32 Å². The molecule has 0 radical (unpaired) electrons. The van der Waals surface area contributed by atoms with Crippen LogP contribution < -0.4 is 5.32 Å². The van der Waals surface area contributed by atoms with Crippen LogP contribution in [-0.4, -0.2) is 11.5 Å². The van der Waals surface area contributed by atoms with Crippen LogP contribution in [0.15, 0.2) is 70.9 Å². The highest BCUT2D eigenvalue weighted by atomic mass is 32.2. The van der Waals surface area contributed by atoms with Gasteiger partial charge in [-0.05, 0) is 38.0 Å². The van der Waals surface area contributed by atoms with Crippen LogP contribution in [0.1, 0.15) is 25.0 Å². The predicted molar refractivity (Wildman–Crippen MR) is 104 cm³/mol. The first-order valence-corrected chi connectivity index (χ1v) is 8.63. The van der Waals surface area contributed by atoms with E-state index in [0.29, 0.717) is 0 Å². The molecule has 2 rings (SSSR count). The SMILES string of the molecule is C=CC(C(=C)NC(=C)SCC1=Nc2ccc(C)cc2C1)=C(C)C. The third kappa shape index (κ3) is 4.49. The fraction of sp³-hybridized carbons (Fsp3) is 0.250. The summed E-state index contributed by atoms with van der Waals surface area (Å²) in [5, 5.41) is 4.14. The highest BCUT2D eigenvalue weighted by Gasteiger charge is 2.15. The molecule has 1 heterocycles. The highest BCUT2D eigenvalue weighted by Crippen LogP contribution is 2.29. The maximum absolute atomic E-state index is 4.70. The molecule has 0 bridgehead atoms. The first-order valence-electron chi connectivity index (χ1n) is 7.64. The van der Waals surface area contributed by atoms with Crippen LogP contribution >= 0.6 is 11.8 Å². The standard InChI is InChI=1S/C20H24N2S/c1-7-19(13(2)3)15(5)21-16(6)23-12-18-11-17-10-14(4)8-9-20(17)22-18/h7-10,21H,1,5-6,11-12H2,2-4H3. The molecule has 0 spiro atoms. The Balaban J connectivity index is 1.88. The normalized spacial score (nSPS) is 12.2. The molecule has 0 saturated heterocycles. The fourth-order valence-corrected chi connectivity index (χ4v) is 3.25. The summed E-state index contributed by atoms with van der Waals surface area (Å²) in [6, 6.07) is 6.43. The van der Waals surface area contributed by atoms with Gasteiger partial charge in [0.2, 0.25) is 0 Å². The maximum Gasteiger partial charge on any atom is 0.0665 e. The van der Waals surface area contributed by atoms with Crippen LogP contribution in [0.2, 0.25) is 0 Å². The van der Waals surface area contributed by atoms with Crippen molar-refractivity contribution in [3.63, 3.8) is 0 Å². The number of aryl methyl sites for hydroxylation is 1. The molecule has 120 valence electrons. The minimum absolute atomic E-state index is 0.838. The van der Waals surface area contributed by atoms with Crippen molar-refractivity contribution in [2.45, 2.75) is 27.2 Å². The van der Waals surface area contributed by atoms with Gasteiger partial charge in [-0.2, -0.15) is 0 Å². The predicted octanol–water partition coefficient (Wildman–Crippen LogP) is 5.45. The number of rotatable bonds is 7. The summed E-state index contributed by atoms with van der Waals surface area (Å²) in [7, 11) is 0. The van der Waals surface area contributed by atoms with E-state index < -0.39 is 0 Å². The minimum atomic E-state index is 0.838. The number of thioether (sulfide) groups is 1. The first-order chi connectivity index (χ1) is 10.9. The lowest BCUT2D eigenvalue weighted by atomic mass is 10.1. The smallest absolute Gasteiger partial charge is 0.0665 e. The van der Waals surface area contributed by atoms with Gasteiger partial charge in [-0.15, -0.1) is 11.8 Å². The van der Waals surface area contributed by atoms with Crippen molar-refractivity contribution in [2.75, 3.05) is 5.75 Å². The second-order valence-corrected chi connectivity index (χ2v) is 6.99. The zero-order chi connectivity index (χ0) is 17.0. The van der Waals surface area contributed by atoms with Crippen LogP contribution in [0, 0.1) is 6.92 Å². The number of nitrogens with zero attached hydrogens (tertiary/aromatic N) is 1. The topological polar surface area (TPSA) is 24.4 Å². The van der Waals surface area contributed by atoms with E-state index in [9.17, 15) is 0 Å². The van der Waals surface area contributed by atoms with Crippen LogP contribution in [0.5, 0.6) is 0 Å². The lowest BCUT2D eigenvalue weighted by Gasteiger charge is -2.14. The van der Waals surface area contributed by atoms with Crippen molar-refractivity contribution in [3.05, 3.63) is 77.0 Å². The Kier molecular flexibility index (Phi) is 5.67. The molecular weight excluding hydrogens is 300 g/mol. The van der Waals surface area contributed by atoms with E-state index in [1.165, 1.54) is 22.4 Å². The van der Waals surface area contributed by atoms with Crippen LogP contribution in [0.3, 0.4) is 0 Å². The van der Waals surface area contributed by atoms with E-state index in [4.69, 9.17) is 4.99 Å². The number of nitrogens with one attached hydrogen (secondary N) is 1. The Morgan fingerprint density at radius 1 is 1.35 bits per heavy atom. The monoisotopic (exact) mass is 324 g/mol. The second kappa shape index (κ2) is 7.51. The molecule has 23 heavy (non-hydrogen) atoms. The van der Waals surface area contributed by atoms with Crippen molar-refractivity contribution in [2.24, 2.45) is 4.99 Å². The first kappa shape index (κ1) is 17.4. The zero-order valence-corrected chi connectivity index (χ0v) is 15.0. The molecule has 3 heteroatoms. The molecule has 0 amide bonds. The van der Waals surface area contributed by atoms with Gasteiger partial charge in [0.15, 0.2) is 0 Å². The van der Waals surface area contributed by atoms with Gasteiger partial charge in [-0.25, -0.2) is 0 Å². The van der Waals surface area contributed by atoms with Crippen molar-refractivity contribution in [1.29, 1.82) is 0 Å². The maximum atomic E-state index is 4.70. The number of hydrogen-bond donors (Lipinski definition) is 1. The van der Waals surface area contributed by atoms with E-state index in [1.807, 2.05) is 19.9 Å². The summed E-state index contributed by atoms with van der Waals surface area (Å²) in [4.78, 5) is 4.70. The average Bonchev–Trinajstić information content (AvgIpc) is 2.87. The van der Waals surface area contributed by atoms with E-state index >= 15 is 0 Å². The molecule has 1 N–H and O–H groups in total. The molecule has 0 atom stereocenters. The summed E-state index contributed by atoms with van der Waals surface area (Å²) in [5.41, 5.74) is 7.96. The highest BCUT2D eigenvalue weighted by molar-refractivity contribution is 8.03. The quantitative estimate of drug-likeness (QED) is 0.674. The summed E-state index contributed by atoms with van der Waals surface area (Å²) in [6.45, 7) is 18.2. The molecule has 0 fully saturated rings. The molecule has 0 aliphatic carbocycles. The zero-order valence-electron chi connectivity index (χ0n) is 14.2.